The second-order valence-electron chi connectivity index (χ2n) is 4.38. The Morgan fingerprint density at radius 1 is 1.22 bits per heavy atom. The first-order chi connectivity index (χ1) is 8.63. The second-order valence-corrected chi connectivity index (χ2v) is 7.00. The summed E-state index contributed by atoms with van der Waals surface area (Å²) in [4.78, 5) is 2.80. The molecule has 1 heterocycles. The third-order valence-electron chi connectivity index (χ3n) is 3.01. The molecule has 2 rings (SSSR count). The van der Waals surface area contributed by atoms with Gasteiger partial charge in [0.1, 0.15) is 0 Å². The fraction of sp³-hybridized carbons (Fsp3) is 0.333. The van der Waals surface area contributed by atoms with Crippen LogP contribution in [0.5, 0.6) is 0 Å². The van der Waals surface area contributed by atoms with Crippen LogP contribution in [0.25, 0.3) is 0 Å². The maximum Gasteiger partial charge on any atom is 0.0598 e. The maximum absolute atomic E-state index is 3.61. The van der Waals surface area contributed by atoms with Crippen molar-refractivity contribution in [1.29, 1.82) is 0 Å². The number of benzene rings is 1. The number of aryl methyl sites for hydroxylation is 2. The molecule has 96 valence electrons. The summed E-state index contributed by atoms with van der Waals surface area (Å²) in [5, 5.41) is 3.61. The van der Waals surface area contributed by atoms with E-state index in [1.165, 1.54) is 24.5 Å². The molecular formula is C15H18INS. The molecule has 0 bridgehead atoms. The van der Waals surface area contributed by atoms with Crippen molar-refractivity contribution in [3.8, 4) is 0 Å². The van der Waals surface area contributed by atoms with Crippen molar-refractivity contribution in [2.75, 3.05) is 6.54 Å². The van der Waals surface area contributed by atoms with Crippen LogP contribution in [0.15, 0.2) is 30.3 Å². The molecule has 1 N–H and O–H groups in total. The highest BCUT2D eigenvalue weighted by Gasteiger charge is 2.18. The predicted octanol–water partition coefficient (Wildman–Crippen LogP) is 4.67. The van der Waals surface area contributed by atoms with E-state index in [-0.39, 0.29) is 0 Å². The average Bonchev–Trinajstić information content (AvgIpc) is 2.66. The van der Waals surface area contributed by atoms with Crippen molar-refractivity contribution in [2.45, 2.75) is 26.8 Å². The van der Waals surface area contributed by atoms with Crippen molar-refractivity contribution in [3.05, 3.63) is 54.8 Å². The molecule has 2 aromatic rings. The van der Waals surface area contributed by atoms with Gasteiger partial charge in [0, 0.05) is 13.3 Å². The molecule has 0 fully saturated rings. The number of hydrogen-bond donors (Lipinski definition) is 1. The van der Waals surface area contributed by atoms with Crippen LogP contribution in [-0.4, -0.2) is 6.54 Å². The summed E-state index contributed by atoms with van der Waals surface area (Å²) in [6.07, 6.45) is 0. The van der Waals surface area contributed by atoms with E-state index in [2.05, 4.69) is 79.0 Å². The zero-order valence-corrected chi connectivity index (χ0v) is 13.9. The molecule has 0 aliphatic heterocycles. The molecule has 0 saturated heterocycles. The summed E-state index contributed by atoms with van der Waals surface area (Å²) < 4.78 is 1.32. The highest BCUT2D eigenvalue weighted by atomic mass is 127. The van der Waals surface area contributed by atoms with Gasteiger partial charge in [-0.15, -0.1) is 11.3 Å². The Morgan fingerprint density at radius 3 is 2.50 bits per heavy atom. The normalized spacial score (nSPS) is 12.7. The van der Waals surface area contributed by atoms with Crippen LogP contribution in [0, 0.1) is 17.4 Å². The Labute approximate surface area is 127 Å². The average molecular weight is 371 g/mol. The van der Waals surface area contributed by atoms with Crippen molar-refractivity contribution >= 4 is 33.9 Å². The van der Waals surface area contributed by atoms with Gasteiger partial charge in [-0.2, -0.15) is 0 Å². The van der Waals surface area contributed by atoms with Gasteiger partial charge in [0.15, 0.2) is 0 Å². The Bertz CT molecular complexity index is 533. The Balaban J connectivity index is 2.46. The summed E-state index contributed by atoms with van der Waals surface area (Å²) in [6.45, 7) is 7.54. The zero-order chi connectivity index (χ0) is 13.1. The molecule has 18 heavy (non-hydrogen) atoms. The van der Waals surface area contributed by atoms with Gasteiger partial charge in [-0.25, -0.2) is 0 Å². The third-order valence-corrected chi connectivity index (χ3v) is 4.98. The van der Waals surface area contributed by atoms with Crippen LogP contribution in [0.1, 0.15) is 33.8 Å². The Kier molecular flexibility index (Phi) is 4.81. The molecular weight excluding hydrogens is 353 g/mol. The SMILES string of the molecule is CCNC(c1ccccc1I)c1cc(C)sc1C. The molecule has 1 aromatic carbocycles. The monoisotopic (exact) mass is 371 g/mol. The fourth-order valence-electron chi connectivity index (χ4n) is 2.24. The minimum atomic E-state index is 0.313. The summed E-state index contributed by atoms with van der Waals surface area (Å²) in [5.41, 5.74) is 2.80. The molecule has 0 aliphatic carbocycles. The van der Waals surface area contributed by atoms with E-state index in [1.54, 1.807) is 0 Å². The number of halogens is 1. The van der Waals surface area contributed by atoms with Crippen LogP contribution in [0.4, 0.5) is 0 Å². The van der Waals surface area contributed by atoms with E-state index in [0.717, 1.165) is 6.54 Å². The van der Waals surface area contributed by atoms with E-state index in [4.69, 9.17) is 0 Å². The van der Waals surface area contributed by atoms with E-state index in [0.29, 0.717) is 6.04 Å². The lowest BCUT2D eigenvalue weighted by Crippen LogP contribution is -2.23. The second kappa shape index (κ2) is 6.17. The topological polar surface area (TPSA) is 12.0 Å². The molecule has 0 spiro atoms. The Hall–Kier alpha value is -0.390. The summed E-state index contributed by atoms with van der Waals surface area (Å²) in [6, 6.07) is 11.2. The van der Waals surface area contributed by atoms with E-state index in [9.17, 15) is 0 Å². The van der Waals surface area contributed by atoms with E-state index in [1.807, 2.05) is 11.3 Å². The minimum absolute atomic E-state index is 0.313. The molecule has 0 aliphatic rings. The molecule has 1 unspecified atom stereocenters. The first kappa shape index (κ1) is 14.0. The zero-order valence-electron chi connectivity index (χ0n) is 11.0. The Morgan fingerprint density at radius 2 is 1.94 bits per heavy atom. The smallest absolute Gasteiger partial charge is 0.0598 e. The molecule has 0 saturated carbocycles. The summed E-state index contributed by atoms with van der Waals surface area (Å²) in [5.74, 6) is 0. The predicted molar refractivity (Wildman–Crippen MR) is 88.5 cm³/mol. The van der Waals surface area contributed by atoms with Gasteiger partial charge < -0.3 is 5.32 Å². The van der Waals surface area contributed by atoms with Crippen molar-refractivity contribution in [1.82, 2.24) is 5.32 Å². The van der Waals surface area contributed by atoms with Crippen LogP contribution in [-0.2, 0) is 0 Å². The van der Waals surface area contributed by atoms with Gasteiger partial charge in [0.05, 0.1) is 6.04 Å². The van der Waals surface area contributed by atoms with E-state index >= 15 is 0 Å². The van der Waals surface area contributed by atoms with Crippen molar-refractivity contribution in [3.63, 3.8) is 0 Å². The quantitative estimate of drug-likeness (QED) is 0.771. The largest absolute Gasteiger partial charge is 0.306 e. The lowest BCUT2D eigenvalue weighted by atomic mass is 9.99. The number of thiophene rings is 1. The van der Waals surface area contributed by atoms with E-state index < -0.39 is 0 Å². The molecule has 1 atom stereocenters. The fourth-order valence-corrected chi connectivity index (χ4v) is 3.90. The molecule has 0 amide bonds. The molecule has 0 radical (unpaired) electrons. The van der Waals surface area contributed by atoms with Crippen molar-refractivity contribution < 1.29 is 0 Å². The van der Waals surface area contributed by atoms with Crippen LogP contribution < -0.4 is 5.32 Å². The summed E-state index contributed by atoms with van der Waals surface area (Å²) in [7, 11) is 0. The highest BCUT2D eigenvalue weighted by Crippen LogP contribution is 2.32. The van der Waals surface area contributed by atoms with Gasteiger partial charge in [-0.3, -0.25) is 0 Å². The van der Waals surface area contributed by atoms with Gasteiger partial charge >= 0.3 is 0 Å². The molecule has 1 aromatic heterocycles. The first-order valence-corrected chi connectivity index (χ1v) is 8.07. The van der Waals surface area contributed by atoms with Crippen LogP contribution >= 0.6 is 33.9 Å². The summed E-state index contributed by atoms with van der Waals surface area (Å²) >= 11 is 4.31. The number of nitrogens with one attached hydrogen (secondary N) is 1. The van der Waals surface area contributed by atoms with Gasteiger partial charge in [-0.05, 0) is 66.2 Å². The minimum Gasteiger partial charge on any atom is -0.306 e. The number of hydrogen-bond acceptors (Lipinski definition) is 2. The lowest BCUT2D eigenvalue weighted by molar-refractivity contribution is 0.627. The first-order valence-electron chi connectivity index (χ1n) is 6.18. The van der Waals surface area contributed by atoms with Gasteiger partial charge in [-0.1, -0.05) is 25.1 Å². The van der Waals surface area contributed by atoms with Gasteiger partial charge in [0.25, 0.3) is 0 Å². The highest BCUT2D eigenvalue weighted by molar-refractivity contribution is 14.1. The van der Waals surface area contributed by atoms with Crippen LogP contribution in [0.2, 0.25) is 0 Å². The van der Waals surface area contributed by atoms with Crippen molar-refractivity contribution in [2.24, 2.45) is 0 Å². The molecule has 3 heteroatoms. The third kappa shape index (κ3) is 2.95. The van der Waals surface area contributed by atoms with Gasteiger partial charge in [0.2, 0.25) is 0 Å². The standard InChI is InChI=1S/C15H18INS/c1-4-17-15(12-7-5-6-8-14(12)16)13-9-10(2)18-11(13)3/h5-9,15,17H,4H2,1-3H3. The maximum atomic E-state index is 3.61. The number of rotatable bonds is 4. The lowest BCUT2D eigenvalue weighted by Gasteiger charge is -2.20. The molecule has 1 nitrogen and oxygen atoms in total. The van der Waals surface area contributed by atoms with Crippen LogP contribution in [0.3, 0.4) is 0 Å².